The summed E-state index contributed by atoms with van der Waals surface area (Å²) < 4.78 is 4.98. The van der Waals surface area contributed by atoms with Crippen LogP contribution in [0.5, 0.6) is 6.01 Å². The molecule has 0 spiro atoms. The van der Waals surface area contributed by atoms with Crippen LogP contribution in [0.4, 0.5) is 11.5 Å². The Labute approximate surface area is 116 Å². The number of ether oxygens (including phenoxy) is 1. The van der Waals surface area contributed by atoms with Gasteiger partial charge in [0, 0.05) is 32.1 Å². The Kier molecular flexibility index (Phi) is 4.09. The molecule has 0 bridgehead atoms. The van der Waals surface area contributed by atoms with Crippen LogP contribution < -0.4 is 15.0 Å². The molecule has 2 rings (SSSR count). The summed E-state index contributed by atoms with van der Waals surface area (Å²) in [6.45, 7) is 0. The first-order valence-corrected chi connectivity index (χ1v) is 5.91. The van der Waals surface area contributed by atoms with E-state index in [4.69, 9.17) is 4.74 Å². The number of aromatic nitrogens is 3. The molecule has 0 aliphatic heterocycles. The average molecular weight is 273 g/mol. The number of nitrogens with one attached hydrogen (secondary N) is 1. The maximum atomic E-state index is 12.1. The van der Waals surface area contributed by atoms with Crippen molar-refractivity contribution in [1.29, 1.82) is 0 Å². The largest absolute Gasteiger partial charge is 0.467 e. The number of nitrogens with zero attached hydrogens (tertiary/aromatic N) is 4. The van der Waals surface area contributed by atoms with Crippen molar-refractivity contribution >= 4 is 17.4 Å². The molecule has 0 fully saturated rings. The fourth-order valence-electron chi connectivity index (χ4n) is 1.58. The quantitative estimate of drug-likeness (QED) is 0.901. The van der Waals surface area contributed by atoms with Gasteiger partial charge in [0.2, 0.25) is 0 Å². The minimum absolute atomic E-state index is 0.246. The fourth-order valence-corrected chi connectivity index (χ4v) is 1.58. The minimum Gasteiger partial charge on any atom is -0.467 e. The van der Waals surface area contributed by atoms with Gasteiger partial charge in [-0.25, -0.2) is 4.98 Å². The molecule has 0 aliphatic rings. The predicted octanol–water partition coefficient (Wildman–Crippen LogP) is 1.20. The van der Waals surface area contributed by atoms with Gasteiger partial charge in [0.1, 0.15) is 5.69 Å². The van der Waals surface area contributed by atoms with Crippen molar-refractivity contribution in [2.75, 3.05) is 31.4 Å². The molecule has 1 amide bonds. The second kappa shape index (κ2) is 5.96. The molecule has 2 aromatic rings. The summed E-state index contributed by atoms with van der Waals surface area (Å²) in [6.07, 6.45) is 4.64. The first-order chi connectivity index (χ1) is 9.61. The Balaban J connectivity index is 2.27. The number of amides is 1. The lowest BCUT2D eigenvalue weighted by Gasteiger charge is -2.16. The molecular weight excluding hydrogens is 258 g/mol. The van der Waals surface area contributed by atoms with Gasteiger partial charge in [0.25, 0.3) is 5.91 Å². The summed E-state index contributed by atoms with van der Waals surface area (Å²) in [5.41, 5.74) is 1.03. The summed E-state index contributed by atoms with van der Waals surface area (Å²) in [7, 11) is 5.14. The Hall–Kier alpha value is -2.70. The maximum Gasteiger partial charge on any atom is 0.318 e. The second-order valence-electron chi connectivity index (χ2n) is 4.18. The van der Waals surface area contributed by atoms with Crippen LogP contribution in [0.25, 0.3) is 0 Å². The first-order valence-electron chi connectivity index (χ1n) is 5.91. The zero-order valence-corrected chi connectivity index (χ0v) is 11.5. The molecule has 20 heavy (non-hydrogen) atoms. The zero-order chi connectivity index (χ0) is 14.5. The van der Waals surface area contributed by atoms with Gasteiger partial charge in [0.05, 0.1) is 13.3 Å². The third-order valence-corrected chi connectivity index (χ3v) is 2.54. The van der Waals surface area contributed by atoms with E-state index in [1.165, 1.54) is 13.3 Å². The molecule has 2 heterocycles. The molecule has 0 atom stereocenters. The van der Waals surface area contributed by atoms with Crippen molar-refractivity contribution in [3.05, 3.63) is 36.3 Å². The van der Waals surface area contributed by atoms with Gasteiger partial charge in [-0.15, -0.1) is 0 Å². The molecule has 1 N–H and O–H groups in total. The Morgan fingerprint density at radius 3 is 2.60 bits per heavy atom. The fraction of sp³-hybridized carbons (Fsp3) is 0.231. The van der Waals surface area contributed by atoms with Gasteiger partial charge in [0.15, 0.2) is 5.82 Å². The highest BCUT2D eigenvalue weighted by Gasteiger charge is 2.13. The van der Waals surface area contributed by atoms with Crippen molar-refractivity contribution < 1.29 is 9.53 Å². The summed E-state index contributed by atoms with van der Waals surface area (Å²) in [4.78, 5) is 25.9. The van der Waals surface area contributed by atoms with Gasteiger partial charge in [-0.2, -0.15) is 4.98 Å². The van der Waals surface area contributed by atoms with Gasteiger partial charge in [-0.1, -0.05) is 0 Å². The smallest absolute Gasteiger partial charge is 0.318 e. The van der Waals surface area contributed by atoms with E-state index >= 15 is 0 Å². The molecule has 7 heteroatoms. The number of hydrogen-bond acceptors (Lipinski definition) is 6. The predicted molar refractivity (Wildman–Crippen MR) is 75.1 cm³/mol. The Bertz CT molecular complexity index is 601. The molecule has 0 saturated heterocycles. The van der Waals surface area contributed by atoms with E-state index in [2.05, 4.69) is 20.3 Å². The van der Waals surface area contributed by atoms with Crippen LogP contribution in [0.3, 0.4) is 0 Å². The van der Waals surface area contributed by atoms with E-state index in [-0.39, 0.29) is 11.9 Å². The highest BCUT2D eigenvalue weighted by molar-refractivity contribution is 6.05. The molecule has 0 radical (unpaired) electrons. The van der Waals surface area contributed by atoms with Crippen LogP contribution in [0.15, 0.2) is 30.7 Å². The number of pyridine rings is 1. The lowest BCUT2D eigenvalue weighted by molar-refractivity contribution is 0.102. The summed E-state index contributed by atoms with van der Waals surface area (Å²) in [5.74, 6) is 0.323. The molecule has 7 nitrogen and oxygen atoms in total. The number of methoxy groups -OCH3 is 1. The SMILES string of the molecule is COc1ncc(NC(=O)c2ccncc2)c(N(C)C)n1. The highest BCUT2D eigenvalue weighted by atomic mass is 16.5. The Morgan fingerprint density at radius 2 is 2.00 bits per heavy atom. The third kappa shape index (κ3) is 3.00. The van der Waals surface area contributed by atoms with Crippen LogP contribution in [-0.2, 0) is 0 Å². The molecule has 0 aliphatic carbocycles. The highest BCUT2D eigenvalue weighted by Crippen LogP contribution is 2.23. The van der Waals surface area contributed by atoms with Crippen LogP contribution in [0, 0.1) is 0 Å². The van der Waals surface area contributed by atoms with Gasteiger partial charge >= 0.3 is 6.01 Å². The minimum atomic E-state index is -0.246. The molecule has 0 aromatic carbocycles. The van der Waals surface area contributed by atoms with E-state index in [9.17, 15) is 4.79 Å². The standard InChI is InChI=1S/C13H15N5O2/c1-18(2)11-10(8-15-13(17-11)20-3)16-12(19)9-4-6-14-7-5-9/h4-8H,1-3H3,(H,16,19). The molecule has 0 saturated carbocycles. The number of rotatable bonds is 4. The van der Waals surface area contributed by atoms with Gasteiger partial charge in [-0.3, -0.25) is 9.78 Å². The topological polar surface area (TPSA) is 80.2 Å². The number of hydrogen-bond donors (Lipinski definition) is 1. The van der Waals surface area contributed by atoms with Crippen LogP contribution in [-0.4, -0.2) is 42.1 Å². The van der Waals surface area contributed by atoms with Crippen LogP contribution >= 0.6 is 0 Å². The lowest BCUT2D eigenvalue weighted by Crippen LogP contribution is -2.18. The maximum absolute atomic E-state index is 12.1. The van der Waals surface area contributed by atoms with E-state index in [0.29, 0.717) is 17.1 Å². The summed E-state index contributed by atoms with van der Waals surface area (Å²) in [6, 6.07) is 3.51. The number of anilines is 2. The van der Waals surface area contributed by atoms with Crippen molar-refractivity contribution in [3.63, 3.8) is 0 Å². The molecule has 0 unspecified atom stereocenters. The van der Waals surface area contributed by atoms with E-state index in [1.807, 2.05) is 14.1 Å². The first kappa shape index (κ1) is 13.7. The molecule has 104 valence electrons. The number of carbonyl (C=O) groups is 1. The Morgan fingerprint density at radius 1 is 1.30 bits per heavy atom. The monoisotopic (exact) mass is 273 g/mol. The van der Waals surface area contributed by atoms with E-state index in [1.54, 1.807) is 29.4 Å². The van der Waals surface area contributed by atoms with E-state index in [0.717, 1.165) is 0 Å². The molecular formula is C13H15N5O2. The average Bonchev–Trinajstić information content (AvgIpc) is 2.48. The van der Waals surface area contributed by atoms with Gasteiger partial charge < -0.3 is 15.0 Å². The van der Waals surface area contributed by atoms with Gasteiger partial charge in [-0.05, 0) is 12.1 Å². The van der Waals surface area contributed by atoms with Crippen LogP contribution in [0.1, 0.15) is 10.4 Å². The van der Waals surface area contributed by atoms with Crippen molar-refractivity contribution in [1.82, 2.24) is 15.0 Å². The normalized spacial score (nSPS) is 9.95. The summed E-state index contributed by atoms with van der Waals surface area (Å²) >= 11 is 0. The summed E-state index contributed by atoms with van der Waals surface area (Å²) in [5, 5.41) is 2.77. The van der Waals surface area contributed by atoms with Crippen molar-refractivity contribution in [2.24, 2.45) is 0 Å². The zero-order valence-electron chi connectivity index (χ0n) is 11.5. The van der Waals surface area contributed by atoms with Crippen molar-refractivity contribution in [2.45, 2.75) is 0 Å². The van der Waals surface area contributed by atoms with Crippen molar-refractivity contribution in [3.8, 4) is 6.01 Å². The lowest BCUT2D eigenvalue weighted by atomic mass is 10.2. The third-order valence-electron chi connectivity index (χ3n) is 2.54. The van der Waals surface area contributed by atoms with E-state index < -0.39 is 0 Å². The molecule has 2 aromatic heterocycles. The van der Waals surface area contributed by atoms with Crippen LogP contribution in [0.2, 0.25) is 0 Å². The number of carbonyl (C=O) groups excluding carboxylic acids is 1. The second-order valence-corrected chi connectivity index (χ2v) is 4.18.